The summed E-state index contributed by atoms with van der Waals surface area (Å²) in [6.07, 6.45) is 1.37. The van der Waals surface area contributed by atoms with Crippen molar-refractivity contribution in [2.45, 2.75) is 6.61 Å². The lowest BCUT2D eigenvalue weighted by Gasteiger charge is -2.06. The molecule has 0 aromatic heterocycles. The second kappa shape index (κ2) is 10.5. The lowest BCUT2D eigenvalue weighted by Crippen LogP contribution is -2.32. The van der Waals surface area contributed by atoms with Crippen molar-refractivity contribution in [1.82, 2.24) is 5.43 Å². The van der Waals surface area contributed by atoms with E-state index in [0.29, 0.717) is 23.6 Å². The Morgan fingerprint density at radius 2 is 1.56 bits per heavy atom. The Balaban J connectivity index is 1.46. The molecule has 162 valence electrons. The molecule has 0 bridgehead atoms. The van der Waals surface area contributed by atoms with Crippen LogP contribution in [0.3, 0.4) is 0 Å². The third-order valence-electron chi connectivity index (χ3n) is 4.21. The molecule has 0 aliphatic heterocycles. The van der Waals surface area contributed by atoms with Crippen molar-refractivity contribution in [3.05, 3.63) is 95.3 Å². The van der Waals surface area contributed by atoms with E-state index in [-0.39, 0.29) is 11.4 Å². The highest BCUT2D eigenvalue weighted by Gasteiger charge is 2.13. The molecule has 0 saturated carbocycles. The SMILES string of the molecule is NC(=O)c1ccc(NC(=O)C(=O)NN=Cc2ccc(OCc3ccc(F)cc3)cc2)cc1. The minimum atomic E-state index is -0.959. The summed E-state index contributed by atoms with van der Waals surface area (Å²) in [6.45, 7) is 0.296. The van der Waals surface area contributed by atoms with Gasteiger partial charge in [-0.05, 0) is 71.8 Å². The van der Waals surface area contributed by atoms with Crippen molar-refractivity contribution in [3.63, 3.8) is 0 Å². The molecule has 3 aromatic rings. The Hall–Kier alpha value is -4.53. The fraction of sp³-hybridized carbons (Fsp3) is 0.0435. The average Bonchev–Trinajstić information content (AvgIpc) is 2.80. The second-order valence-electron chi connectivity index (χ2n) is 6.58. The number of carbonyl (C=O) groups is 3. The third kappa shape index (κ3) is 6.49. The van der Waals surface area contributed by atoms with Gasteiger partial charge in [-0.3, -0.25) is 14.4 Å². The number of hydrogen-bond acceptors (Lipinski definition) is 5. The Bertz CT molecular complexity index is 1130. The fourth-order valence-corrected chi connectivity index (χ4v) is 2.52. The Morgan fingerprint density at radius 3 is 2.19 bits per heavy atom. The van der Waals surface area contributed by atoms with Gasteiger partial charge < -0.3 is 15.8 Å². The number of carbonyl (C=O) groups excluding carboxylic acids is 3. The maximum Gasteiger partial charge on any atom is 0.329 e. The highest BCUT2D eigenvalue weighted by atomic mass is 19.1. The van der Waals surface area contributed by atoms with Crippen LogP contribution in [-0.4, -0.2) is 23.9 Å². The zero-order valence-corrected chi connectivity index (χ0v) is 16.7. The van der Waals surface area contributed by atoms with Crippen LogP contribution in [0.15, 0.2) is 77.9 Å². The smallest absolute Gasteiger partial charge is 0.329 e. The molecule has 0 aliphatic rings. The summed E-state index contributed by atoms with van der Waals surface area (Å²) in [5.74, 6) is -2.17. The zero-order chi connectivity index (χ0) is 22.9. The normalized spacial score (nSPS) is 10.5. The summed E-state index contributed by atoms with van der Waals surface area (Å²) < 4.78 is 18.5. The molecule has 0 spiro atoms. The lowest BCUT2D eigenvalue weighted by molar-refractivity contribution is -0.136. The molecule has 9 heteroatoms. The van der Waals surface area contributed by atoms with Gasteiger partial charge in [-0.25, -0.2) is 9.82 Å². The van der Waals surface area contributed by atoms with E-state index < -0.39 is 17.7 Å². The van der Waals surface area contributed by atoms with E-state index in [9.17, 15) is 18.8 Å². The van der Waals surface area contributed by atoms with Gasteiger partial charge in [-0.2, -0.15) is 5.10 Å². The number of ether oxygens (including phenoxy) is 1. The number of nitrogens with two attached hydrogens (primary N) is 1. The quantitative estimate of drug-likeness (QED) is 0.300. The van der Waals surface area contributed by atoms with E-state index in [4.69, 9.17) is 10.5 Å². The molecule has 0 radical (unpaired) electrons. The molecule has 0 atom stereocenters. The first-order valence-electron chi connectivity index (χ1n) is 9.42. The average molecular weight is 434 g/mol. The van der Waals surface area contributed by atoms with E-state index in [1.807, 2.05) is 0 Å². The van der Waals surface area contributed by atoms with Gasteiger partial charge in [-0.15, -0.1) is 0 Å². The van der Waals surface area contributed by atoms with Crippen molar-refractivity contribution in [3.8, 4) is 5.75 Å². The summed E-state index contributed by atoms with van der Waals surface area (Å²) in [7, 11) is 0. The van der Waals surface area contributed by atoms with Crippen molar-refractivity contribution >= 4 is 29.6 Å². The molecule has 3 rings (SSSR count). The Kier molecular flexibility index (Phi) is 7.26. The molecule has 4 N–H and O–H groups in total. The van der Waals surface area contributed by atoms with Crippen molar-refractivity contribution < 1.29 is 23.5 Å². The summed E-state index contributed by atoms with van der Waals surface area (Å²) >= 11 is 0. The van der Waals surface area contributed by atoms with E-state index >= 15 is 0 Å². The van der Waals surface area contributed by atoms with Crippen LogP contribution in [0.1, 0.15) is 21.5 Å². The maximum atomic E-state index is 12.9. The predicted octanol–water partition coefficient (Wildman–Crippen LogP) is 2.59. The summed E-state index contributed by atoms with van der Waals surface area (Å²) in [6, 6.07) is 18.7. The highest BCUT2D eigenvalue weighted by Crippen LogP contribution is 2.14. The first-order chi connectivity index (χ1) is 15.4. The van der Waals surface area contributed by atoms with Crippen LogP contribution < -0.4 is 21.2 Å². The number of rotatable bonds is 7. The number of primary amides is 1. The second-order valence-corrected chi connectivity index (χ2v) is 6.58. The third-order valence-corrected chi connectivity index (χ3v) is 4.21. The van der Waals surface area contributed by atoms with Gasteiger partial charge in [0.1, 0.15) is 18.2 Å². The molecule has 0 unspecified atom stereocenters. The van der Waals surface area contributed by atoms with Crippen molar-refractivity contribution in [2.75, 3.05) is 5.32 Å². The Morgan fingerprint density at radius 1 is 0.906 bits per heavy atom. The number of hydrazone groups is 1. The largest absolute Gasteiger partial charge is 0.489 e. The zero-order valence-electron chi connectivity index (χ0n) is 16.7. The summed E-state index contributed by atoms with van der Waals surface area (Å²) in [5.41, 5.74) is 9.39. The van der Waals surface area contributed by atoms with Crippen LogP contribution in [0.4, 0.5) is 10.1 Å². The number of nitrogens with zero attached hydrogens (tertiary/aromatic N) is 1. The molecule has 0 aliphatic carbocycles. The van der Waals surface area contributed by atoms with E-state index in [1.54, 1.807) is 36.4 Å². The summed E-state index contributed by atoms with van der Waals surface area (Å²) in [5, 5.41) is 6.13. The molecule has 0 saturated heterocycles. The number of amides is 3. The van der Waals surface area contributed by atoms with E-state index in [2.05, 4.69) is 15.8 Å². The fourth-order valence-electron chi connectivity index (χ4n) is 2.52. The van der Waals surface area contributed by atoms with Crippen LogP contribution in [0.25, 0.3) is 0 Å². The summed E-state index contributed by atoms with van der Waals surface area (Å²) in [4.78, 5) is 34.8. The van der Waals surface area contributed by atoms with Crippen LogP contribution in [0, 0.1) is 5.82 Å². The van der Waals surface area contributed by atoms with Crippen molar-refractivity contribution in [2.24, 2.45) is 10.8 Å². The molecule has 32 heavy (non-hydrogen) atoms. The maximum absolute atomic E-state index is 12.9. The number of anilines is 1. The monoisotopic (exact) mass is 434 g/mol. The number of benzene rings is 3. The molecule has 3 aromatic carbocycles. The number of nitrogens with one attached hydrogen (secondary N) is 2. The van der Waals surface area contributed by atoms with Crippen LogP contribution >= 0.6 is 0 Å². The molecule has 0 heterocycles. The minimum absolute atomic E-state index is 0.281. The van der Waals surface area contributed by atoms with Crippen LogP contribution in [-0.2, 0) is 16.2 Å². The Labute approximate surface area is 182 Å². The van der Waals surface area contributed by atoms with Gasteiger partial charge in [0.25, 0.3) is 0 Å². The van der Waals surface area contributed by atoms with E-state index in [1.165, 1.54) is 42.6 Å². The molecule has 0 fully saturated rings. The van der Waals surface area contributed by atoms with Crippen molar-refractivity contribution in [1.29, 1.82) is 0 Å². The van der Waals surface area contributed by atoms with Gasteiger partial charge in [0.15, 0.2) is 0 Å². The molecule has 3 amide bonds. The highest BCUT2D eigenvalue weighted by molar-refractivity contribution is 6.39. The van der Waals surface area contributed by atoms with Gasteiger partial charge in [0.2, 0.25) is 5.91 Å². The molecular formula is C23H19FN4O4. The van der Waals surface area contributed by atoms with Gasteiger partial charge in [0.05, 0.1) is 6.21 Å². The van der Waals surface area contributed by atoms with Gasteiger partial charge in [0, 0.05) is 11.3 Å². The number of halogens is 1. The van der Waals surface area contributed by atoms with Gasteiger partial charge >= 0.3 is 11.8 Å². The first kappa shape index (κ1) is 22.2. The minimum Gasteiger partial charge on any atom is -0.489 e. The standard InChI is InChI=1S/C23H19FN4O4/c24-18-7-1-16(2-8-18)14-32-20-11-3-15(4-12-20)13-26-28-23(31)22(30)27-19-9-5-17(6-10-19)21(25)29/h1-13H,14H2,(H2,25,29)(H,27,30)(H,28,31). The molecular weight excluding hydrogens is 415 g/mol. The van der Waals surface area contributed by atoms with Crippen LogP contribution in [0.5, 0.6) is 5.75 Å². The van der Waals surface area contributed by atoms with Crippen LogP contribution in [0.2, 0.25) is 0 Å². The topological polar surface area (TPSA) is 123 Å². The van der Waals surface area contributed by atoms with E-state index in [0.717, 1.165) is 5.56 Å². The predicted molar refractivity (Wildman–Crippen MR) is 117 cm³/mol. The number of hydrogen-bond donors (Lipinski definition) is 3. The first-order valence-corrected chi connectivity index (χ1v) is 9.42. The van der Waals surface area contributed by atoms with Gasteiger partial charge in [-0.1, -0.05) is 12.1 Å². The lowest BCUT2D eigenvalue weighted by atomic mass is 10.2. The molecule has 8 nitrogen and oxygen atoms in total.